The van der Waals surface area contributed by atoms with Crippen molar-refractivity contribution < 1.29 is 4.39 Å². The number of piperidine rings is 1. The van der Waals surface area contributed by atoms with Gasteiger partial charge in [-0.05, 0) is 43.1 Å². The van der Waals surface area contributed by atoms with Gasteiger partial charge in [0.15, 0.2) is 0 Å². The molecule has 84 valence electrons. The fraction of sp³-hybridized carbons (Fsp3) is 0.455. The zero-order valence-corrected chi connectivity index (χ0v) is 9.87. The molecular formula is C11H14Cl2FN. The molecule has 0 bridgehead atoms. The van der Waals surface area contributed by atoms with Crippen molar-refractivity contribution in [1.82, 2.24) is 5.32 Å². The molecule has 0 aromatic heterocycles. The Morgan fingerprint density at radius 1 is 1.27 bits per heavy atom. The zero-order chi connectivity index (χ0) is 9.97. The Labute approximate surface area is 100 Å². The molecule has 1 atom stereocenters. The van der Waals surface area contributed by atoms with E-state index >= 15 is 0 Å². The largest absolute Gasteiger partial charge is 0.310 e. The Hall–Kier alpha value is -0.310. The third-order valence-corrected chi connectivity index (χ3v) is 2.82. The highest BCUT2D eigenvalue weighted by Gasteiger charge is 2.15. The molecule has 1 aliphatic heterocycles. The molecule has 0 radical (unpaired) electrons. The van der Waals surface area contributed by atoms with Crippen LogP contribution in [-0.2, 0) is 0 Å². The van der Waals surface area contributed by atoms with Gasteiger partial charge in [0.05, 0.1) is 0 Å². The second kappa shape index (κ2) is 5.69. The van der Waals surface area contributed by atoms with Crippen molar-refractivity contribution in [3.8, 4) is 0 Å². The lowest BCUT2D eigenvalue weighted by Gasteiger charge is -2.23. The van der Waals surface area contributed by atoms with Gasteiger partial charge in [0, 0.05) is 11.1 Å². The van der Waals surface area contributed by atoms with Crippen molar-refractivity contribution in [3.63, 3.8) is 0 Å². The van der Waals surface area contributed by atoms with Crippen molar-refractivity contribution in [2.45, 2.75) is 25.3 Å². The number of hydrogen-bond acceptors (Lipinski definition) is 1. The molecule has 4 heteroatoms. The number of nitrogens with one attached hydrogen (secondary N) is 1. The number of halogens is 3. The highest BCUT2D eigenvalue weighted by molar-refractivity contribution is 6.30. The van der Waals surface area contributed by atoms with Gasteiger partial charge < -0.3 is 5.32 Å². The van der Waals surface area contributed by atoms with Crippen molar-refractivity contribution >= 4 is 24.0 Å². The number of benzene rings is 1. The summed E-state index contributed by atoms with van der Waals surface area (Å²) < 4.78 is 13.1. The molecule has 1 heterocycles. The standard InChI is InChI=1S/C11H13ClFN.ClH/c12-9-5-8(6-10(13)7-9)11-3-1-2-4-14-11;/h5-7,11,14H,1-4H2;1H/t11-;/m0./s1. The van der Waals surface area contributed by atoms with E-state index in [-0.39, 0.29) is 24.3 Å². The first-order valence-corrected chi connectivity index (χ1v) is 5.33. The lowest BCUT2D eigenvalue weighted by molar-refractivity contribution is 0.411. The van der Waals surface area contributed by atoms with Crippen LogP contribution in [0.5, 0.6) is 0 Å². The quantitative estimate of drug-likeness (QED) is 0.801. The summed E-state index contributed by atoms with van der Waals surface area (Å²) >= 11 is 5.80. The van der Waals surface area contributed by atoms with E-state index in [0.717, 1.165) is 18.5 Å². The van der Waals surface area contributed by atoms with E-state index in [4.69, 9.17) is 11.6 Å². The van der Waals surface area contributed by atoms with Crippen LogP contribution in [0.15, 0.2) is 18.2 Å². The molecule has 2 rings (SSSR count). The molecule has 0 saturated carbocycles. The molecular weight excluding hydrogens is 236 g/mol. The average molecular weight is 250 g/mol. The molecule has 0 spiro atoms. The minimum atomic E-state index is -0.250. The minimum absolute atomic E-state index is 0. The normalized spacial score (nSPS) is 20.8. The third kappa shape index (κ3) is 3.33. The zero-order valence-electron chi connectivity index (χ0n) is 8.30. The van der Waals surface area contributed by atoms with Gasteiger partial charge >= 0.3 is 0 Å². The maximum Gasteiger partial charge on any atom is 0.125 e. The topological polar surface area (TPSA) is 12.0 Å². The summed E-state index contributed by atoms with van der Waals surface area (Å²) in [5.41, 5.74) is 0.967. The SMILES string of the molecule is Cl.Fc1cc(Cl)cc([C@@H]2CCCCN2)c1. The van der Waals surface area contributed by atoms with Crippen molar-refractivity contribution in [2.24, 2.45) is 0 Å². The van der Waals surface area contributed by atoms with E-state index in [1.54, 1.807) is 6.07 Å². The van der Waals surface area contributed by atoms with Crippen LogP contribution in [0, 0.1) is 5.82 Å². The molecule has 1 nitrogen and oxygen atoms in total. The maximum absolute atomic E-state index is 13.1. The fourth-order valence-corrected chi connectivity index (χ4v) is 2.14. The second-order valence-corrected chi connectivity index (χ2v) is 4.14. The van der Waals surface area contributed by atoms with Crippen LogP contribution in [0.25, 0.3) is 0 Å². The Morgan fingerprint density at radius 3 is 2.67 bits per heavy atom. The van der Waals surface area contributed by atoms with E-state index in [9.17, 15) is 4.39 Å². The molecule has 1 fully saturated rings. The van der Waals surface area contributed by atoms with Gasteiger partial charge in [-0.25, -0.2) is 4.39 Å². The van der Waals surface area contributed by atoms with Crippen LogP contribution in [0.1, 0.15) is 30.9 Å². The van der Waals surface area contributed by atoms with Crippen LogP contribution < -0.4 is 5.32 Å². The summed E-state index contributed by atoms with van der Waals surface area (Å²) in [5.74, 6) is -0.250. The molecule has 1 aromatic rings. The van der Waals surface area contributed by atoms with Crippen molar-refractivity contribution in [3.05, 3.63) is 34.6 Å². The fourth-order valence-electron chi connectivity index (χ4n) is 1.91. The Morgan fingerprint density at radius 2 is 2.07 bits per heavy atom. The van der Waals surface area contributed by atoms with Crippen LogP contribution in [0.3, 0.4) is 0 Å². The molecule has 0 amide bonds. The smallest absolute Gasteiger partial charge is 0.125 e. The van der Waals surface area contributed by atoms with Gasteiger partial charge in [-0.3, -0.25) is 0 Å². The van der Waals surface area contributed by atoms with Crippen LogP contribution in [0.4, 0.5) is 4.39 Å². The van der Waals surface area contributed by atoms with E-state index < -0.39 is 0 Å². The highest BCUT2D eigenvalue weighted by Crippen LogP contribution is 2.25. The minimum Gasteiger partial charge on any atom is -0.310 e. The van der Waals surface area contributed by atoms with Gasteiger partial charge in [-0.15, -0.1) is 12.4 Å². The van der Waals surface area contributed by atoms with Crippen molar-refractivity contribution in [2.75, 3.05) is 6.54 Å². The molecule has 1 aromatic carbocycles. The first-order chi connectivity index (χ1) is 6.75. The average Bonchev–Trinajstić information content (AvgIpc) is 2.18. The van der Waals surface area contributed by atoms with Crippen LogP contribution in [-0.4, -0.2) is 6.54 Å². The lowest BCUT2D eigenvalue weighted by Crippen LogP contribution is -2.26. The van der Waals surface area contributed by atoms with Gasteiger partial charge in [-0.2, -0.15) is 0 Å². The molecule has 0 aliphatic carbocycles. The highest BCUT2D eigenvalue weighted by atomic mass is 35.5. The molecule has 1 aliphatic rings. The Bertz CT molecular complexity index is 304. The van der Waals surface area contributed by atoms with E-state index in [2.05, 4.69) is 5.32 Å². The summed E-state index contributed by atoms with van der Waals surface area (Å²) in [5, 5.41) is 3.84. The number of rotatable bonds is 1. The van der Waals surface area contributed by atoms with Crippen LogP contribution in [0.2, 0.25) is 5.02 Å². The summed E-state index contributed by atoms with van der Waals surface area (Å²) in [7, 11) is 0. The lowest BCUT2D eigenvalue weighted by atomic mass is 9.97. The Kier molecular flexibility index (Phi) is 4.84. The first kappa shape index (κ1) is 12.8. The number of hydrogen-bond donors (Lipinski definition) is 1. The Balaban J connectivity index is 0.00000112. The second-order valence-electron chi connectivity index (χ2n) is 3.71. The summed E-state index contributed by atoms with van der Waals surface area (Å²) in [4.78, 5) is 0. The summed E-state index contributed by atoms with van der Waals surface area (Å²) in [6, 6.07) is 5.02. The molecule has 1 saturated heterocycles. The maximum atomic E-state index is 13.1. The van der Waals surface area contributed by atoms with Gasteiger partial charge in [0.25, 0.3) is 0 Å². The molecule has 15 heavy (non-hydrogen) atoms. The predicted octanol–water partition coefficient (Wildman–Crippen LogP) is 3.72. The van der Waals surface area contributed by atoms with E-state index in [1.807, 2.05) is 6.07 Å². The van der Waals surface area contributed by atoms with Crippen LogP contribution >= 0.6 is 24.0 Å². The predicted molar refractivity (Wildman–Crippen MR) is 63.3 cm³/mol. The van der Waals surface area contributed by atoms with E-state index in [0.29, 0.717) is 5.02 Å². The monoisotopic (exact) mass is 249 g/mol. The van der Waals surface area contributed by atoms with Crippen molar-refractivity contribution in [1.29, 1.82) is 0 Å². The van der Waals surface area contributed by atoms with E-state index in [1.165, 1.54) is 18.9 Å². The molecule has 1 N–H and O–H groups in total. The first-order valence-electron chi connectivity index (χ1n) is 4.95. The summed E-state index contributed by atoms with van der Waals surface area (Å²) in [6.45, 7) is 1.01. The van der Waals surface area contributed by atoms with Gasteiger partial charge in [-0.1, -0.05) is 18.0 Å². The third-order valence-electron chi connectivity index (χ3n) is 2.60. The summed E-state index contributed by atoms with van der Waals surface area (Å²) in [6.07, 6.45) is 3.48. The van der Waals surface area contributed by atoms with Gasteiger partial charge in [0.1, 0.15) is 5.82 Å². The molecule has 0 unspecified atom stereocenters. The van der Waals surface area contributed by atoms with Gasteiger partial charge in [0.2, 0.25) is 0 Å².